The summed E-state index contributed by atoms with van der Waals surface area (Å²) in [5.41, 5.74) is -0.675. The summed E-state index contributed by atoms with van der Waals surface area (Å²) < 4.78 is 10.6. The van der Waals surface area contributed by atoms with E-state index in [0.29, 0.717) is 5.56 Å². The maximum Gasteiger partial charge on any atom is 0.408 e. The minimum Gasteiger partial charge on any atom is -0.458 e. The summed E-state index contributed by atoms with van der Waals surface area (Å²) in [6.45, 7) is 10.4. The number of ether oxygens (including phenoxy) is 2. The van der Waals surface area contributed by atoms with E-state index in [0.717, 1.165) is 0 Å². The molecule has 0 aliphatic rings. The average molecular weight is 347 g/mol. The maximum atomic E-state index is 12.5. The molecule has 1 aromatic rings. The largest absolute Gasteiger partial charge is 0.458 e. The Balaban J connectivity index is 3.01. The number of aromatic nitrogens is 1. The van der Waals surface area contributed by atoms with Crippen molar-refractivity contribution in [3.63, 3.8) is 0 Å². The fraction of sp³-hybridized carbons (Fsp3) is 0.556. The van der Waals surface area contributed by atoms with Crippen molar-refractivity contribution in [1.29, 1.82) is 5.26 Å². The number of carbonyl (C=O) groups excluding carboxylic acids is 2. The van der Waals surface area contributed by atoms with Crippen LogP contribution >= 0.6 is 0 Å². The Kier molecular flexibility index (Phi) is 6.51. The maximum absolute atomic E-state index is 12.5. The van der Waals surface area contributed by atoms with Crippen LogP contribution in [0.5, 0.6) is 0 Å². The third kappa shape index (κ3) is 7.66. The van der Waals surface area contributed by atoms with Crippen LogP contribution in [0.3, 0.4) is 0 Å². The fourth-order valence-corrected chi connectivity index (χ4v) is 1.94. The molecule has 1 amide bonds. The van der Waals surface area contributed by atoms with E-state index in [4.69, 9.17) is 14.7 Å². The molecule has 1 aromatic heterocycles. The van der Waals surface area contributed by atoms with Crippen LogP contribution in [0.2, 0.25) is 0 Å². The first-order valence-electron chi connectivity index (χ1n) is 7.97. The van der Waals surface area contributed by atoms with Gasteiger partial charge in [0, 0.05) is 12.6 Å². The van der Waals surface area contributed by atoms with Gasteiger partial charge in [0.2, 0.25) is 0 Å². The molecule has 0 unspecified atom stereocenters. The Hall–Kier alpha value is -2.62. The van der Waals surface area contributed by atoms with Crippen LogP contribution in [0.25, 0.3) is 0 Å². The number of rotatable bonds is 4. The zero-order valence-electron chi connectivity index (χ0n) is 15.5. The molecule has 0 bridgehead atoms. The van der Waals surface area contributed by atoms with Crippen molar-refractivity contribution in [2.45, 2.75) is 65.2 Å². The lowest BCUT2D eigenvalue weighted by atomic mass is 10.0. The monoisotopic (exact) mass is 347 g/mol. The van der Waals surface area contributed by atoms with Gasteiger partial charge in [-0.05, 0) is 53.2 Å². The van der Waals surface area contributed by atoms with E-state index >= 15 is 0 Å². The van der Waals surface area contributed by atoms with Crippen molar-refractivity contribution >= 4 is 12.1 Å². The molecular weight excluding hydrogens is 322 g/mol. The van der Waals surface area contributed by atoms with Crippen molar-refractivity contribution < 1.29 is 19.1 Å². The van der Waals surface area contributed by atoms with Gasteiger partial charge in [0.15, 0.2) is 0 Å². The van der Waals surface area contributed by atoms with Gasteiger partial charge >= 0.3 is 12.1 Å². The normalized spacial score (nSPS) is 12.7. The van der Waals surface area contributed by atoms with E-state index in [1.807, 2.05) is 6.07 Å². The number of pyridine rings is 1. The van der Waals surface area contributed by atoms with Crippen LogP contribution in [0.15, 0.2) is 18.3 Å². The number of hydrogen-bond acceptors (Lipinski definition) is 6. The highest BCUT2D eigenvalue weighted by atomic mass is 16.6. The van der Waals surface area contributed by atoms with Crippen molar-refractivity contribution in [3.8, 4) is 6.07 Å². The lowest BCUT2D eigenvalue weighted by Crippen LogP contribution is -2.47. The number of nitrogens with one attached hydrogen (secondary N) is 1. The Morgan fingerprint density at radius 2 is 1.80 bits per heavy atom. The van der Waals surface area contributed by atoms with E-state index in [1.54, 1.807) is 53.7 Å². The minimum atomic E-state index is -0.995. The quantitative estimate of drug-likeness (QED) is 0.840. The number of hydrogen-bond donors (Lipinski definition) is 1. The molecular formula is C18H25N3O4. The average Bonchev–Trinajstić information content (AvgIpc) is 2.43. The number of alkyl carbamates (subject to hydrolysis) is 1. The van der Waals surface area contributed by atoms with Gasteiger partial charge in [-0.15, -0.1) is 0 Å². The zero-order chi connectivity index (χ0) is 19.3. The van der Waals surface area contributed by atoms with E-state index < -0.39 is 29.3 Å². The van der Waals surface area contributed by atoms with Crippen LogP contribution in [0, 0.1) is 11.3 Å². The SMILES string of the molecule is CC(C)(C)OC(=O)N[C@@H](Cc1cccnc1C#N)C(=O)OC(C)(C)C. The first-order valence-corrected chi connectivity index (χ1v) is 7.97. The smallest absolute Gasteiger partial charge is 0.408 e. The van der Waals surface area contributed by atoms with Gasteiger partial charge in [0.1, 0.15) is 29.0 Å². The predicted octanol–water partition coefficient (Wildman–Crippen LogP) is 2.73. The summed E-state index contributed by atoms with van der Waals surface area (Å²) >= 11 is 0. The minimum absolute atomic E-state index is 0.0743. The number of amides is 1. The molecule has 0 radical (unpaired) electrons. The summed E-state index contributed by atoms with van der Waals surface area (Å²) in [5.74, 6) is -0.605. The van der Waals surface area contributed by atoms with Gasteiger partial charge in [-0.25, -0.2) is 14.6 Å². The Morgan fingerprint density at radius 1 is 1.20 bits per heavy atom. The Labute approximate surface area is 148 Å². The topological polar surface area (TPSA) is 101 Å². The number of esters is 1. The zero-order valence-corrected chi connectivity index (χ0v) is 15.5. The third-order valence-electron chi connectivity index (χ3n) is 2.80. The summed E-state index contributed by atoms with van der Waals surface area (Å²) in [6.07, 6.45) is 0.835. The lowest BCUT2D eigenvalue weighted by Gasteiger charge is -2.26. The highest BCUT2D eigenvalue weighted by Gasteiger charge is 2.29. The molecule has 1 atom stereocenters. The standard InChI is InChI=1S/C18H25N3O4/c1-17(2,3)24-15(22)13(21-16(23)25-18(4,5)6)10-12-8-7-9-20-14(12)11-19/h7-9,13H,10H2,1-6H3,(H,21,23)/t13-/m0/s1. The molecule has 25 heavy (non-hydrogen) atoms. The molecule has 0 saturated heterocycles. The van der Waals surface area contributed by atoms with Crippen molar-refractivity contribution in [2.24, 2.45) is 0 Å². The van der Waals surface area contributed by atoms with Crippen LogP contribution in [-0.4, -0.2) is 34.3 Å². The molecule has 7 nitrogen and oxygen atoms in total. The second kappa shape index (κ2) is 7.97. The summed E-state index contributed by atoms with van der Waals surface area (Å²) in [7, 11) is 0. The summed E-state index contributed by atoms with van der Waals surface area (Å²) in [6, 6.07) is 4.32. The van der Waals surface area contributed by atoms with Gasteiger partial charge in [-0.1, -0.05) is 6.07 Å². The molecule has 0 spiro atoms. The van der Waals surface area contributed by atoms with Gasteiger partial charge in [-0.2, -0.15) is 5.26 Å². The molecule has 136 valence electrons. The predicted molar refractivity (Wildman–Crippen MR) is 91.7 cm³/mol. The molecule has 0 aliphatic heterocycles. The molecule has 0 fully saturated rings. The third-order valence-corrected chi connectivity index (χ3v) is 2.80. The van der Waals surface area contributed by atoms with Crippen LogP contribution in [-0.2, 0) is 20.7 Å². The molecule has 0 saturated carbocycles. The van der Waals surface area contributed by atoms with Crippen molar-refractivity contribution in [2.75, 3.05) is 0 Å². The van der Waals surface area contributed by atoms with Gasteiger partial charge in [-0.3, -0.25) is 0 Å². The summed E-state index contributed by atoms with van der Waals surface area (Å²) in [4.78, 5) is 28.5. The van der Waals surface area contributed by atoms with E-state index in [1.165, 1.54) is 6.20 Å². The molecule has 1 rings (SSSR count). The molecule has 0 aromatic carbocycles. The Bertz CT molecular complexity index is 666. The van der Waals surface area contributed by atoms with E-state index in [-0.39, 0.29) is 12.1 Å². The highest BCUT2D eigenvalue weighted by molar-refractivity contribution is 5.82. The van der Waals surface area contributed by atoms with Crippen molar-refractivity contribution in [3.05, 3.63) is 29.6 Å². The highest BCUT2D eigenvalue weighted by Crippen LogP contribution is 2.14. The van der Waals surface area contributed by atoms with Gasteiger partial charge in [0.25, 0.3) is 0 Å². The summed E-state index contributed by atoms with van der Waals surface area (Å²) in [5, 5.41) is 11.7. The number of nitriles is 1. The van der Waals surface area contributed by atoms with Crippen LogP contribution in [0.1, 0.15) is 52.8 Å². The number of nitrogens with zero attached hydrogens (tertiary/aromatic N) is 2. The van der Waals surface area contributed by atoms with E-state index in [9.17, 15) is 9.59 Å². The number of carbonyl (C=O) groups is 2. The van der Waals surface area contributed by atoms with Crippen molar-refractivity contribution in [1.82, 2.24) is 10.3 Å². The molecule has 1 N–H and O–H groups in total. The molecule has 7 heteroatoms. The lowest BCUT2D eigenvalue weighted by molar-refractivity contribution is -0.157. The van der Waals surface area contributed by atoms with Gasteiger partial charge < -0.3 is 14.8 Å². The van der Waals surface area contributed by atoms with E-state index in [2.05, 4.69) is 10.3 Å². The Morgan fingerprint density at radius 3 is 2.32 bits per heavy atom. The second-order valence-electron chi connectivity index (χ2n) is 7.56. The van der Waals surface area contributed by atoms with Crippen LogP contribution < -0.4 is 5.32 Å². The first kappa shape index (κ1) is 20.4. The molecule has 0 aliphatic carbocycles. The first-order chi connectivity index (χ1) is 11.4. The second-order valence-corrected chi connectivity index (χ2v) is 7.56. The van der Waals surface area contributed by atoms with Gasteiger partial charge in [0.05, 0.1) is 0 Å². The fourth-order valence-electron chi connectivity index (χ4n) is 1.94. The van der Waals surface area contributed by atoms with Crippen LogP contribution in [0.4, 0.5) is 4.79 Å². The molecule has 1 heterocycles.